The Kier molecular flexibility index (Phi) is 12.8. The molecule has 1 saturated carbocycles. The minimum absolute atomic E-state index is 0.00481. The van der Waals surface area contributed by atoms with Crippen LogP contribution in [0.15, 0.2) is 58.2 Å². The van der Waals surface area contributed by atoms with Gasteiger partial charge in [0.05, 0.1) is 12.2 Å². The fraction of sp³-hybridized carbons (Fsp3) is 0.604. The number of aromatic hydroxyl groups is 2. The number of allylic oxidation sites excluding steroid dienone is 7. The van der Waals surface area contributed by atoms with E-state index in [1.54, 1.807) is 19.1 Å². The Morgan fingerprint density at radius 2 is 1.60 bits per heavy atom. The highest BCUT2D eigenvalue weighted by Crippen LogP contribution is 2.68. The molecule has 2 saturated heterocycles. The molecule has 3 aliphatic heterocycles. The monoisotopic (exact) mass is 783 g/mol. The SMILES string of the molecule is CC(C)=CCC/C(C)=C/Cc1c(O)c(CC=C(C)C)c2c(c1O)C(=O)C1=CC3CC4C(C)(C)OC(C/C=C(/C)C(=O)OCCCCCN5CCCCC5)(C3=O)C14O2. The molecule has 310 valence electrons. The number of phenolic OH excluding ortho intramolecular Hbond substituents is 2. The van der Waals surface area contributed by atoms with Crippen LogP contribution in [-0.2, 0) is 31.9 Å². The minimum atomic E-state index is -1.62. The molecule has 0 radical (unpaired) electrons. The van der Waals surface area contributed by atoms with Gasteiger partial charge in [0.25, 0.3) is 0 Å². The molecule has 4 bridgehead atoms. The number of nitrogens with zero attached hydrogens (tertiary/aromatic N) is 1. The molecule has 3 fully saturated rings. The normalized spacial score (nSPS) is 26.4. The first-order valence-electron chi connectivity index (χ1n) is 21.3. The fourth-order valence-electron chi connectivity index (χ4n) is 9.87. The molecule has 3 heterocycles. The van der Waals surface area contributed by atoms with E-state index >= 15 is 0 Å². The van der Waals surface area contributed by atoms with E-state index in [0.717, 1.165) is 49.8 Å². The number of carbonyl (C=O) groups excluding carboxylic acids is 3. The number of hydrogen-bond donors (Lipinski definition) is 2. The Labute approximate surface area is 339 Å². The lowest BCUT2D eigenvalue weighted by atomic mass is 9.51. The molecular weight excluding hydrogens is 719 g/mol. The molecule has 0 aromatic heterocycles. The van der Waals surface area contributed by atoms with Gasteiger partial charge in [0.2, 0.25) is 0 Å². The number of unbranched alkanes of at least 4 members (excludes halogenated alkanes) is 2. The van der Waals surface area contributed by atoms with E-state index in [9.17, 15) is 24.6 Å². The van der Waals surface area contributed by atoms with E-state index < -0.39 is 40.4 Å². The number of likely N-dealkylation sites (tertiary alicyclic amines) is 1. The van der Waals surface area contributed by atoms with E-state index in [-0.39, 0.29) is 53.4 Å². The van der Waals surface area contributed by atoms with Gasteiger partial charge in [-0.3, -0.25) is 9.59 Å². The van der Waals surface area contributed by atoms with Crippen molar-refractivity contribution < 1.29 is 38.8 Å². The largest absolute Gasteiger partial charge is 0.507 e. The van der Waals surface area contributed by atoms with Crippen molar-refractivity contribution >= 4 is 17.5 Å². The number of carbonyl (C=O) groups is 3. The molecule has 3 aliphatic carbocycles. The number of ketones is 2. The average Bonchev–Trinajstić information content (AvgIpc) is 3.31. The molecule has 57 heavy (non-hydrogen) atoms. The number of hydrogen-bond acceptors (Lipinski definition) is 9. The maximum atomic E-state index is 15.0. The first-order valence-corrected chi connectivity index (χ1v) is 21.3. The standard InChI is InChI=1S/C48H65NO8/c1-30(2)16-15-17-32(5)19-21-35-40(50)36(20-18-31(3)4)43-39(41(35)51)42(52)37-28-34-29-38-46(7,8)57-47(44(34)53,48(37,38)56-43)23-22-33(6)45(54)55-27-14-10-13-26-49-24-11-9-12-25-49/h16,18-19,22,28,34,38,50-51H,9-15,17,20-21,23-27,29H2,1-8H3/b32-19+,33-22-. The summed E-state index contributed by atoms with van der Waals surface area (Å²) in [6, 6.07) is 0. The summed E-state index contributed by atoms with van der Waals surface area (Å²) in [7, 11) is 0. The van der Waals surface area contributed by atoms with Gasteiger partial charge in [-0.2, -0.15) is 0 Å². The van der Waals surface area contributed by atoms with Gasteiger partial charge in [-0.05, 0) is 139 Å². The summed E-state index contributed by atoms with van der Waals surface area (Å²) in [4.78, 5) is 45.3. The van der Waals surface area contributed by atoms with Gasteiger partial charge in [0, 0.05) is 40.5 Å². The van der Waals surface area contributed by atoms with Crippen LogP contribution in [0.5, 0.6) is 17.2 Å². The molecule has 4 unspecified atom stereocenters. The second-order valence-electron chi connectivity index (χ2n) is 18.1. The van der Waals surface area contributed by atoms with E-state index in [0.29, 0.717) is 29.7 Å². The highest BCUT2D eigenvalue weighted by atomic mass is 16.6. The second-order valence-corrected chi connectivity index (χ2v) is 18.1. The Balaban J connectivity index is 1.31. The Bertz CT molecular complexity index is 1910. The smallest absolute Gasteiger partial charge is 0.333 e. The van der Waals surface area contributed by atoms with Crippen molar-refractivity contribution in [1.82, 2.24) is 4.90 Å². The zero-order chi connectivity index (χ0) is 41.3. The number of benzene rings is 1. The summed E-state index contributed by atoms with van der Waals surface area (Å²) in [6.07, 6.45) is 18.9. The summed E-state index contributed by atoms with van der Waals surface area (Å²) < 4.78 is 19.7. The molecule has 1 aromatic carbocycles. The van der Waals surface area contributed by atoms with Crippen molar-refractivity contribution in [2.75, 3.05) is 26.2 Å². The molecule has 7 rings (SSSR count). The van der Waals surface area contributed by atoms with Crippen LogP contribution in [0.1, 0.15) is 141 Å². The summed E-state index contributed by atoms with van der Waals surface area (Å²) in [6.45, 7) is 19.4. The molecule has 2 N–H and O–H groups in total. The van der Waals surface area contributed by atoms with Crippen molar-refractivity contribution in [3.05, 3.63) is 74.9 Å². The van der Waals surface area contributed by atoms with Crippen molar-refractivity contribution in [3.63, 3.8) is 0 Å². The van der Waals surface area contributed by atoms with Gasteiger partial charge < -0.3 is 29.3 Å². The maximum absolute atomic E-state index is 15.0. The van der Waals surface area contributed by atoms with Crippen LogP contribution in [0.4, 0.5) is 0 Å². The van der Waals surface area contributed by atoms with Crippen LogP contribution in [0.2, 0.25) is 0 Å². The number of ether oxygens (including phenoxy) is 3. The predicted molar refractivity (Wildman–Crippen MR) is 223 cm³/mol. The van der Waals surface area contributed by atoms with Crippen LogP contribution in [-0.4, -0.2) is 75.7 Å². The Hall–Kier alpha value is -3.95. The number of esters is 1. The zero-order valence-corrected chi connectivity index (χ0v) is 35.6. The van der Waals surface area contributed by atoms with Crippen molar-refractivity contribution in [2.24, 2.45) is 11.8 Å². The Morgan fingerprint density at radius 1 is 0.895 bits per heavy atom. The molecular formula is C48H65NO8. The average molecular weight is 784 g/mol. The molecule has 9 heteroatoms. The first-order chi connectivity index (χ1) is 27.0. The highest BCUT2D eigenvalue weighted by Gasteiger charge is 2.81. The molecule has 0 amide bonds. The minimum Gasteiger partial charge on any atom is -0.507 e. The van der Waals surface area contributed by atoms with Gasteiger partial charge in [0.15, 0.2) is 22.8 Å². The molecule has 6 aliphatic rings. The van der Waals surface area contributed by atoms with Gasteiger partial charge in [0.1, 0.15) is 22.8 Å². The van der Waals surface area contributed by atoms with Crippen LogP contribution in [0, 0.1) is 11.8 Å². The number of Topliss-reactive ketones (excluding diaryl/α,β-unsaturated/α-hetero) is 2. The molecule has 1 spiro atoms. The maximum Gasteiger partial charge on any atom is 0.333 e. The Morgan fingerprint density at radius 3 is 2.30 bits per heavy atom. The van der Waals surface area contributed by atoms with Crippen molar-refractivity contribution in [2.45, 2.75) is 149 Å². The van der Waals surface area contributed by atoms with E-state index in [1.807, 2.05) is 46.8 Å². The van der Waals surface area contributed by atoms with Gasteiger partial charge in [-0.25, -0.2) is 4.79 Å². The molecule has 1 aromatic rings. The number of phenols is 2. The number of piperidine rings is 1. The lowest BCUT2D eigenvalue weighted by Crippen LogP contribution is -2.72. The first kappa shape index (κ1) is 42.7. The quantitative estimate of drug-likeness (QED) is 0.0731. The number of rotatable bonds is 16. The van der Waals surface area contributed by atoms with Crippen molar-refractivity contribution in [3.8, 4) is 17.2 Å². The third-order valence-corrected chi connectivity index (χ3v) is 13.0. The van der Waals surface area contributed by atoms with Gasteiger partial charge in [-0.1, -0.05) is 53.5 Å². The van der Waals surface area contributed by atoms with Gasteiger partial charge in [-0.15, -0.1) is 0 Å². The third-order valence-electron chi connectivity index (χ3n) is 13.0. The van der Waals surface area contributed by atoms with E-state index in [4.69, 9.17) is 14.2 Å². The molecule has 9 nitrogen and oxygen atoms in total. The summed E-state index contributed by atoms with van der Waals surface area (Å²) in [5.41, 5.74) is 0.635. The highest BCUT2D eigenvalue weighted by molar-refractivity contribution is 6.18. The summed E-state index contributed by atoms with van der Waals surface area (Å²) >= 11 is 0. The van der Waals surface area contributed by atoms with Crippen LogP contribution >= 0.6 is 0 Å². The van der Waals surface area contributed by atoms with E-state index in [1.165, 1.54) is 37.9 Å². The van der Waals surface area contributed by atoms with Gasteiger partial charge >= 0.3 is 5.97 Å². The predicted octanol–water partition coefficient (Wildman–Crippen LogP) is 9.38. The fourth-order valence-corrected chi connectivity index (χ4v) is 9.87. The van der Waals surface area contributed by atoms with Crippen LogP contribution < -0.4 is 4.74 Å². The van der Waals surface area contributed by atoms with E-state index in [2.05, 4.69) is 24.8 Å². The zero-order valence-electron chi connectivity index (χ0n) is 35.6. The summed E-state index contributed by atoms with van der Waals surface area (Å²) in [5.74, 6) is -2.41. The summed E-state index contributed by atoms with van der Waals surface area (Å²) in [5, 5.41) is 23.8. The number of fused-ring (bicyclic) bond motifs is 1. The molecule has 4 atom stereocenters. The second kappa shape index (κ2) is 17.1. The van der Waals surface area contributed by atoms with Crippen LogP contribution in [0.3, 0.4) is 0 Å². The lowest BCUT2D eigenvalue weighted by molar-refractivity contribution is -0.171. The topological polar surface area (TPSA) is 123 Å². The van der Waals surface area contributed by atoms with Crippen molar-refractivity contribution in [1.29, 1.82) is 0 Å². The third kappa shape index (κ3) is 8.08. The van der Waals surface area contributed by atoms with Crippen LogP contribution in [0.25, 0.3) is 0 Å². The lowest BCUT2D eigenvalue weighted by Gasteiger charge is -2.56.